The van der Waals surface area contributed by atoms with E-state index in [0.29, 0.717) is 0 Å². The lowest BCUT2D eigenvalue weighted by Gasteiger charge is -2.13. The molecule has 0 saturated carbocycles. The standard InChI is InChI=1S/C10H8F6.4C2H6/c1-2-6-3-7(9(11,12)13)5-8(4-6)10(14,15)16;4*1-2/h3-5H,2H2,1H3;4*1-2H3. The Balaban J connectivity index is -0.000000218. The normalized spacial score (nSPS) is 9.62. The SMILES string of the molecule is CC.CC.CC.CC.CCc1cc(C(F)(F)F)cc(C(F)(F)F)c1. The first-order valence-electron chi connectivity index (χ1n) is 8.43. The van der Waals surface area contributed by atoms with Crippen LogP contribution in [0, 0.1) is 0 Å². The first-order valence-corrected chi connectivity index (χ1v) is 8.43. The molecule has 0 bridgehead atoms. The van der Waals surface area contributed by atoms with Crippen molar-refractivity contribution in [2.24, 2.45) is 0 Å². The van der Waals surface area contributed by atoms with Crippen molar-refractivity contribution in [2.45, 2.75) is 81.1 Å². The summed E-state index contributed by atoms with van der Waals surface area (Å²) in [5.74, 6) is 0. The van der Waals surface area contributed by atoms with Crippen molar-refractivity contribution in [3.63, 3.8) is 0 Å². The fourth-order valence-corrected chi connectivity index (χ4v) is 1.22. The first-order chi connectivity index (χ1) is 11.1. The maximum absolute atomic E-state index is 12.3. The van der Waals surface area contributed by atoms with Crippen LogP contribution in [-0.4, -0.2) is 0 Å². The summed E-state index contributed by atoms with van der Waals surface area (Å²) in [6, 6.07) is 1.59. The number of benzene rings is 1. The minimum absolute atomic E-state index is 0.0159. The second kappa shape index (κ2) is 16.7. The fourth-order valence-electron chi connectivity index (χ4n) is 1.22. The molecule has 0 unspecified atom stereocenters. The average molecular weight is 362 g/mol. The highest BCUT2D eigenvalue weighted by atomic mass is 19.4. The van der Waals surface area contributed by atoms with Crippen LogP contribution < -0.4 is 0 Å². The molecule has 0 aliphatic rings. The van der Waals surface area contributed by atoms with E-state index in [2.05, 4.69) is 0 Å². The van der Waals surface area contributed by atoms with E-state index in [-0.39, 0.29) is 18.1 Å². The molecule has 0 spiro atoms. The van der Waals surface area contributed by atoms with Gasteiger partial charge in [-0.15, -0.1) is 0 Å². The molecule has 24 heavy (non-hydrogen) atoms. The van der Waals surface area contributed by atoms with E-state index in [9.17, 15) is 26.3 Å². The Morgan fingerprint density at radius 3 is 1.00 bits per heavy atom. The van der Waals surface area contributed by atoms with E-state index in [4.69, 9.17) is 0 Å². The monoisotopic (exact) mass is 362 g/mol. The molecule has 146 valence electrons. The van der Waals surface area contributed by atoms with E-state index in [0.717, 1.165) is 12.1 Å². The van der Waals surface area contributed by atoms with Gasteiger partial charge in [0.25, 0.3) is 0 Å². The Morgan fingerprint density at radius 1 is 0.583 bits per heavy atom. The van der Waals surface area contributed by atoms with Gasteiger partial charge in [-0.2, -0.15) is 26.3 Å². The third-order valence-corrected chi connectivity index (χ3v) is 2.06. The second-order valence-electron chi connectivity index (χ2n) is 3.27. The maximum atomic E-state index is 12.3. The van der Waals surface area contributed by atoms with Gasteiger partial charge in [-0.25, -0.2) is 0 Å². The molecule has 0 fully saturated rings. The van der Waals surface area contributed by atoms with E-state index in [1.807, 2.05) is 55.4 Å². The van der Waals surface area contributed by atoms with Crippen LogP contribution in [0.15, 0.2) is 18.2 Å². The molecule has 0 N–H and O–H groups in total. The highest BCUT2D eigenvalue weighted by molar-refractivity contribution is 5.33. The summed E-state index contributed by atoms with van der Waals surface area (Å²) in [7, 11) is 0. The van der Waals surface area contributed by atoms with Gasteiger partial charge in [0.1, 0.15) is 0 Å². The number of aryl methyl sites for hydroxylation is 1. The third kappa shape index (κ3) is 13.3. The predicted molar refractivity (Wildman–Crippen MR) is 91.2 cm³/mol. The summed E-state index contributed by atoms with van der Waals surface area (Å²) in [5.41, 5.74) is -2.51. The van der Waals surface area contributed by atoms with E-state index < -0.39 is 23.5 Å². The molecule has 0 aliphatic heterocycles. The highest BCUT2D eigenvalue weighted by Gasteiger charge is 2.36. The lowest BCUT2D eigenvalue weighted by molar-refractivity contribution is -0.143. The number of hydrogen-bond donors (Lipinski definition) is 0. The van der Waals surface area contributed by atoms with Crippen LogP contribution >= 0.6 is 0 Å². The number of alkyl halides is 6. The summed E-state index contributed by atoms with van der Waals surface area (Å²) < 4.78 is 73.8. The van der Waals surface area contributed by atoms with Crippen LogP contribution in [0.1, 0.15) is 79.0 Å². The molecule has 0 aromatic heterocycles. The van der Waals surface area contributed by atoms with Crippen molar-refractivity contribution in [2.75, 3.05) is 0 Å². The Bertz CT molecular complexity index is 346. The van der Waals surface area contributed by atoms with Crippen LogP contribution in [0.2, 0.25) is 0 Å². The fraction of sp³-hybridized carbons (Fsp3) is 0.667. The van der Waals surface area contributed by atoms with Gasteiger partial charge in [-0.3, -0.25) is 0 Å². The van der Waals surface area contributed by atoms with Gasteiger partial charge in [0.15, 0.2) is 0 Å². The molecule has 0 atom stereocenters. The van der Waals surface area contributed by atoms with Gasteiger partial charge >= 0.3 is 12.4 Å². The molecule has 0 nitrogen and oxygen atoms in total. The van der Waals surface area contributed by atoms with E-state index >= 15 is 0 Å². The van der Waals surface area contributed by atoms with Crippen LogP contribution in [0.3, 0.4) is 0 Å². The van der Waals surface area contributed by atoms with Crippen molar-refractivity contribution in [3.8, 4) is 0 Å². The number of halogens is 6. The molecule has 0 radical (unpaired) electrons. The number of hydrogen-bond acceptors (Lipinski definition) is 0. The van der Waals surface area contributed by atoms with Gasteiger partial charge in [0.05, 0.1) is 11.1 Å². The zero-order chi connectivity index (χ0) is 20.6. The van der Waals surface area contributed by atoms with Crippen molar-refractivity contribution in [1.82, 2.24) is 0 Å². The zero-order valence-corrected chi connectivity index (χ0v) is 16.2. The second-order valence-corrected chi connectivity index (χ2v) is 3.27. The van der Waals surface area contributed by atoms with Crippen LogP contribution in [0.5, 0.6) is 0 Å². The molecule has 0 aliphatic carbocycles. The Labute approximate surface area is 143 Å². The quantitative estimate of drug-likeness (QED) is 0.440. The predicted octanol–water partition coefficient (Wildman–Crippen LogP) is 8.39. The largest absolute Gasteiger partial charge is 0.416 e. The van der Waals surface area contributed by atoms with Gasteiger partial charge < -0.3 is 0 Å². The Morgan fingerprint density at radius 2 is 0.833 bits per heavy atom. The maximum Gasteiger partial charge on any atom is 0.416 e. The Hall–Kier alpha value is -1.20. The topological polar surface area (TPSA) is 0 Å². The van der Waals surface area contributed by atoms with Gasteiger partial charge in [-0.1, -0.05) is 62.3 Å². The molecule has 0 saturated heterocycles. The number of rotatable bonds is 1. The minimum atomic E-state index is -4.76. The molecule has 1 aromatic rings. The molecular weight excluding hydrogens is 330 g/mol. The van der Waals surface area contributed by atoms with Crippen molar-refractivity contribution >= 4 is 0 Å². The summed E-state index contributed by atoms with van der Waals surface area (Å²) in [4.78, 5) is 0. The molecular formula is C18H32F6. The smallest absolute Gasteiger partial charge is 0.166 e. The Kier molecular flexibility index (Phi) is 21.3. The first kappa shape index (κ1) is 30.7. The lowest BCUT2D eigenvalue weighted by Crippen LogP contribution is -2.11. The van der Waals surface area contributed by atoms with E-state index in [1.54, 1.807) is 0 Å². The zero-order valence-electron chi connectivity index (χ0n) is 16.2. The summed E-state index contributed by atoms with van der Waals surface area (Å²) in [6.45, 7) is 17.5. The molecule has 1 rings (SSSR count). The van der Waals surface area contributed by atoms with Crippen molar-refractivity contribution < 1.29 is 26.3 Å². The van der Waals surface area contributed by atoms with Crippen LogP contribution in [0.25, 0.3) is 0 Å². The van der Waals surface area contributed by atoms with Gasteiger partial charge in [0.2, 0.25) is 0 Å². The molecule has 6 heteroatoms. The third-order valence-electron chi connectivity index (χ3n) is 2.06. The van der Waals surface area contributed by atoms with Crippen LogP contribution in [-0.2, 0) is 18.8 Å². The molecule has 1 aromatic carbocycles. The van der Waals surface area contributed by atoms with Crippen molar-refractivity contribution in [1.29, 1.82) is 0 Å². The van der Waals surface area contributed by atoms with Gasteiger partial charge in [-0.05, 0) is 30.2 Å². The summed E-state index contributed by atoms with van der Waals surface area (Å²) in [5, 5.41) is 0. The van der Waals surface area contributed by atoms with Gasteiger partial charge in [0, 0.05) is 0 Å². The van der Waals surface area contributed by atoms with E-state index in [1.165, 1.54) is 6.92 Å². The van der Waals surface area contributed by atoms with Crippen LogP contribution in [0.4, 0.5) is 26.3 Å². The lowest BCUT2D eigenvalue weighted by atomic mass is 10.0. The highest BCUT2D eigenvalue weighted by Crippen LogP contribution is 2.36. The summed E-state index contributed by atoms with van der Waals surface area (Å²) in [6.07, 6.45) is -9.40. The minimum Gasteiger partial charge on any atom is -0.166 e. The summed E-state index contributed by atoms with van der Waals surface area (Å²) >= 11 is 0. The average Bonchev–Trinajstić information content (AvgIpc) is 2.60. The molecule has 0 heterocycles. The van der Waals surface area contributed by atoms with Crippen molar-refractivity contribution in [3.05, 3.63) is 34.9 Å². The molecule has 0 amide bonds.